The fourth-order valence-electron chi connectivity index (χ4n) is 3.16. The van der Waals surface area contributed by atoms with Crippen LogP contribution in [-0.4, -0.2) is 43.4 Å². The van der Waals surface area contributed by atoms with Crippen LogP contribution in [0.2, 0.25) is 0 Å². The van der Waals surface area contributed by atoms with E-state index in [1.807, 2.05) is 11.8 Å². The molecule has 1 unspecified atom stereocenters. The van der Waals surface area contributed by atoms with Crippen molar-refractivity contribution >= 4 is 27.1 Å². The van der Waals surface area contributed by atoms with Gasteiger partial charge in [0, 0.05) is 12.6 Å². The summed E-state index contributed by atoms with van der Waals surface area (Å²) in [6.07, 6.45) is 2.01. The van der Waals surface area contributed by atoms with Crippen LogP contribution in [-0.2, 0) is 9.84 Å². The van der Waals surface area contributed by atoms with Crippen LogP contribution in [0.25, 0.3) is 0 Å². The Kier molecular flexibility index (Phi) is 5.41. The molecular formula is C18H19F2N3O3S. The molecule has 6 nitrogen and oxygen atoms in total. The Morgan fingerprint density at radius 1 is 1.26 bits per heavy atom. The molecule has 0 saturated carbocycles. The average Bonchev–Trinajstić information content (AvgIpc) is 2.99. The van der Waals surface area contributed by atoms with Gasteiger partial charge in [-0.3, -0.25) is 4.79 Å². The number of halogens is 2. The summed E-state index contributed by atoms with van der Waals surface area (Å²) in [6, 6.07) is 6.25. The van der Waals surface area contributed by atoms with Crippen molar-refractivity contribution in [2.24, 2.45) is 0 Å². The Labute approximate surface area is 156 Å². The maximum absolute atomic E-state index is 13.6. The quantitative estimate of drug-likeness (QED) is 0.842. The van der Waals surface area contributed by atoms with Crippen LogP contribution in [0, 0.1) is 11.6 Å². The predicted molar refractivity (Wildman–Crippen MR) is 98.6 cm³/mol. The van der Waals surface area contributed by atoms with E-state index in [4.69, 9.17) is 0 Å². The summed E-state index contributed by atoms with van der Waals surface area (Å²) in [6.45, 7) is 2.50. The lowest BCUT2D eigenvalue weighted by molar-refractivity contribution is 0.102. The first-order valence-corrected chi connectivity index (χ1v) is 10.3. The highest BCUT2D eigenvalue weighted by Gasteiger charge is 2.32. The lowest BCUT2D eigenvalue weighted by atomic mass is 10.2. The second-order valence-electron chi connectivity index (χ2n) is 6.30. The Morgan fingerprint density at radius 2 is 1.96 bits per heavy atom. The smallest absolute Gasteiger partial charge is 0.274 e. The summed E-state index contributed by atoms with van der Waals surface area (Å²) in [5, 5.41) is 2.18. The number of para-hydroxylation sites is 1. The Bertz CT molecular complexity index is 929. The van der Waals surface area contributed by atoms with E-state index in [9.17, 15) is 22.0 Å². The number of anilines is 2. The molecule has 1 saturated heterocycles. The van der Waals surface area contributed by atoms with Gasteiger partial charge >= 0.3 is 0 Å². The van der Waals surface area contributed by atoms with Gasteiger partial charge in [0.05, 0.1) is 23.4 Å². The van der Waals surface area contributed by atoms with Gasteiger partial charge in [-0.05, 0) is 37.6 Å². The van der Waals surface area contributed by atoms with E-state index in [1.54, 1.807) is 6.07 Å². The third-order valence-electron chi connectivity index (χ3n) is 4.50. The van der Waals surface area contributed by atoms with Gasteiger partial charge in [0.2, 0.25) is 0 Å². The third kappa shape index (κ3) is 4.24. The van der Waals surface area contributed by atoms with E-state index in [2.05, 4.69) is 10.3 Å². The van der Waals surface area contributed by atoms with E-state index in [0.717, 1.165) is 12.1 Å². The number of hydrogen-bond acceptors (Lipinski definition) is 5. The summed E-state index contributed by atoms with van der Waals surface area (Å²) in [7, 11) is -3.02. The van der Waals surface area contributed by atoms with Crippen molar-refractivity contribution in [1.82, 2.24) is 4.98 Å². The van der Waals surface area contributed by atoms with Crippen molar-refractivity contribution in [3.05, 3.63) is 53.9 Å². The van der Waals surface area contributed by atoms with Gasteiger partial charge < -0.3 is 10.2 Å². The number of pyridine rings is 1. The normalized spacial score (nSPS) is 18.3. The molecule has 1 atom stereocenters. The molecule has 9 heteroatoms. The molecule has 2 aromatic rings. The number of carbonyl (C=O) groups excluding carboxylic acids is 1. The second-order valence-corrected chi connectivity index (χ2v) is 8.52. The maximum atomic E-state index is 13.6. The van der Waals surface area contributed by atoms with E-state index in [0.29, 0.717) is 18.7 Å². The van der Waals surface area contributed by atoms with Crippen molar-refractivity contribution in [2.75, 3.05) is 28.3 Å². The van der Waals surface area contributed by atoms with E-state index < -0.39 is 33.1 Å². The zero-order valence-electron chi connectivity index (χ0n) is 14.7. The molecule has 1 N–H and O–H groups in total. The fourth-order valence-corrected chi connectivity index (χ4v) is 4.89. The van der Waals surface area contributed by atoms with E-state index in [-0.39, 0.29) is 23.2 Å². The number of carbonyl (C=O) groups is 1. The lowest BCUT2D eigenvalue weighted by Gasteiger charge is -2.28. The molecule has 0 aliphatic carbocycles. The predicted octanol–water partition coefficient (Wildman–Crippen LogP) is 2.63. The standard InChI is InChI=1S/C18H19F2N3O3S/c1-2-23(13-8-9-27(25,26)11-13)12-6-7-16(21-10-12)18(24)22-17-14(19)4-3-5-15(17)20/h3-7,10,13H,2,8-9,11H2,1H3,(H,22,24). The third-order valence-corrected chi connectivity index (χ3v) is 6.25. The zero-order chi connectivity index (χ0) is 19.6. The van der Waals surface area contributed by atoms with Gasteiger partial charge in [0.1, 0.15) is 23.0 Å². The highest BCUT2D eigenvalue weighted by atomic mass is 32.2. The molecular weight excluding hydrogens is 376 g/mol. The van der Waals surface area contributed by atoms with Crippen molar-refractivity contribution in [3.8, 4) is 0 Å². The van der Waals surface area contributed by atoms with E-state index >= 15 is 0 Å². The minimum Gasteiger partial charge on any atom is -0.367 e. The summed E-state index contributed by atoms with van der Waals surface area (Å²) in [5.74, 6) is -2.23. The summed E-state index contributed by atoms with van der Waals surface area (Å²) < 4.78 is 50.7. The van der Waals surface area contributed by atoms with Crippen LogP contribution in [0.3, 0.4) is 0 Å². The van der Waals surface area contributed by atoms with Crippen LogP contribution >= 0.6 is 0 Å². The van der Waals surface area contributed by atoms with Gasteiger partial charge in [-0.2, -0.15) is 0 Å². The zero-order valence-corrected chi connectivity index (χ0v) is 15.5. The lowest BCUT2D eigenvalue weighted by Crippen LogP contribution is -2.36. The molecule has 1 amide bonds. The van der Waals surface area contributed by atoms with Gasteiger partial charge in [-0.1, -0.05) is 6.07 Å². The van der Waals surface area contributed by atoms with Crippen LogP contribution in [0.5, 0.6) is 0 Å². The number of sulfone groups is 1. The van der Waals surface area contributed by atoms with Crippen LogP contribution in [0.1, 0.15) is 23.8 Å². The fraction of sp³-hybridized carbons (Fsp3) is 0.333. The summed E-state index contributed by atoms with van der Waals surface area (Å²) >= 11 is 0. The average molecular weight is 395 g/mol. The molecule has 0 spiro atoms. The van der Waals surface area contributed by atoms with Crippen molar-refractivity contribution < 1.29 is 22.0 Å². The van der Waals surface area contributed by atoms with Crippen molar-refractivity contribution in [2.45, 2.75) is 19.4 Å². The van der Waals surface area contributed by atoms with Crippen LogP contribution in [0.15, 0.2) is 36.5 Å². The molecule has 0 bridgehead atoms. The van der Waals surface area contributed by atoms with Crippen molar-refractivity contribution in [1.29, 1.82) is 0 Å². The molecule has 1 aromatic carbocycles. The maximum Gasteiger partial charge on any atom is 0.274 e. The largest absolute Gasteiger partial charge is 0.367 e. The van der Waals surface area contributed by atoms with E-state index in [1.165, 1.54) is 18.3 Å². The first-order chi connectivity index (χ1) is 12.8. The number of hydrogen-bond donors (Lipinski definition) is 1. The number of aromatic nitrogens is 1. The minimum atomic E-state index is -3.02. The Balaban J connectivity index is 1.75. The molecule has 1 aromatic heterocycles. The number of nitrogens with one attached hydrogen (secondary N) is 1. The van der Waals surface area contributed by atoms with Gasteiger partial charge in [-0.25, -0.2) is 22.2 Å². The molecule has 144 valence electrons. The van der Waals surface area contributed by atoms with Crippen molar-refractivity contribution in [3.63, 3.8) is 0 Å². The first kappa shape index (κ1) is 19.2. The minimum absolute atomic E-state index is 0.00324. The number of benzene rings is 1. The summed E-state index contributed by atoms with van der Waals surface area (Å²) in [5.41, 5.74) is 0.157. The molecule has 1 aliphatic rings. The molecule has 1 fully saturated rings. The Hall–Kier alpha value is -2.55. The van der Waals surface area contributed by atoms with Crippen LogP contribution < -0.4 is 10.2 Å². The summed E-state index contributed by atoms with van der Waals surface area (Å²) in [4.78, 5) is 18.2. The molecule has 1 aliphatic heterocycles. The number of amides is 1. The second kappa shape index (κ2) is 7.59. The number of nitrogens with zero attached hydrogens (tertiary/aromatic N) is 2. The van der Waals surface area contributed by atoms with Gasteiger partial charge in [-0.15, -0.1) is 0 Å². The molecule has 3 rings (SSSR count). The molecule has 27 heavy (non-hydrogen) atoms. The van der Waals surface area contributed by atoms with Crippen LogP contribution in [0.4, 0.5) is 20.2 Å². The molecule has 2 heterocycles. The first-order valence-electron chi connectivity index (χ1n) is 8.49. The van der Waals surface area contributed by atoms with Gasteiger partial charge in [0.25, 0.3) is 5.91 Å². The highest BCUT2D eigenvalue weighted by molar-refractivity contribution is 7.91. The van der Waals surface area contributed by atoms with Gasteiger partial charge in [0.15, 0.2) is 9.84 Å². The molecule has 0 radical (unpaired) electrons. The SMILES string of the molecule is CCN(c1ccc(C(=O)Nc2c(F)cccc2F)nc1)C1CCS(=O)(=O)C1. The highest BCUT2D eigenvalue weighted by Crippen LogP contribution is 2.24. The topological polar surface area (TPSA) is 79.4 Å². The monoisotopic (exact) mass is 395 g/mol. The number of rotatable bonds is 5. The Morgan fingerprint density at radius 3 is 2.48 bits per heavy atom.